The highest BCUT2D eigenvalue weighted by Gasteiger charge is 2.23. The summed E-state index contributed by atoms with van der Waals surface area (Å²) in [5, 5.41) is 12.2. The van der Waals surface area contributed by atoms with E-state index in [1.165, 1.54) is 13.0 Å². The highest BCUT2D eigenvalue weighted by Crippen LogP contribution is 2.26. The number of hydrogen-bond acceptors (Lipinski definition) is 4. The van der Waals surface area contributed by atoms with Crippen molar-refractivity contribution >= 4 is 23.3 Å². The zero-order valence-corrected chi connectivity index (χ0v) is 11.4. The number of carbonyl (C=O) groups excluding carboxylic acids is 1. The molecular formula is C14H19N3O3. The Bertz CT molecular complexity index is 522. The van der Waals surface area contributed by atoms with Crippen molar-refractivity contribution in [3.05, 3.63) is 23.8 Å². The van der Waals surface area contributed by atoms with Crippen LogP contribution < -0.4 is 16.0 Å². The lowest BCUT2D eigenvalue weighted by atomic mass is 10.0. The molecule has 20 heavy (non-hydrogen) atoms. The number of anilines is 2. The van der Waals surface area contributed by atoms with Crippen LogP contribution in [0.1, 0.15) is 30.1 Å². The summed E-state index contributed by atoms with van der Waals surface area (Å²) in [4.78, 5) is 24.3. The Morgan fingerprint density at radius 2 is 2.00 bits per heavy atom. The molecule has 1 heterocycles. The highest BCUT2D eigenvalue weighted by molar-refractivity contribution is 5.95. The van der Waals surface area contributed by atoms with E-state index in [1.54, 1.807) is 12.1 Å². The Morgan fingerprint density at radius 1 is 1.35 bits per heavy atom. The normalized spacial score (nSPS) is 15.9. The topological polar surface area (TPSA) is 95.7 Å². The van der Waals surface area contributed by atoms with E-state index in [0.29, 0.717) is 11.4 Å². The number of amides is 1. The molecular weight excluding hydrogens is 258 g/mol. The molecule has 4 N–H and O–H groups in total. The van der Waals surface area contributed by atoms with E-state index in [-0.39, 0.29) is 17.5 Å². The van der Waals surface area contributed by atoms with Crippen molar-refractivity contribution in [2.45, 2.75) is 25.8 Å². The van der Waals surface area contributed by atoms with Crippen molar-refractivity contribution in [2.24, 2.45) is 0 Å². The van der Waals surface area contributed by atoms with Crippen LogP contribution in [0.3, 0.4) is 0 Å². The molecule has 6 heteroatoms. The first-order valence-corrected chi connectivity index (χ1v) is 6.62. The maximum absolute atomic E-state index is 11.3. The number of nitrogens with zero attached hydrogens (tertiary/aromatic N) is 1. The van der Waals surface area contributed by atoms with Crippen LogP contribution in [0, 0.1) is 0 Å². The summed E-state index contributed by atoms with van der Waals surface area (Å²) in [5.74, 6) is -1.00. The van der Waals surface area contributed by atoms with Crippen LogP contribution in [-0.2, 0) is 4.79 Å². The van der Waals surface area contributed by atoms with Gasteiger partial charge in [0.25, 0.3) is 0 Å². The number of piperidine rings is 1. The van der Waals surface area contributed by atoms with E-state index in [9.17, 15) is 14.7 Å². The van der Waals surface area contributed by atoms with Gasteiger partial charge in [-0.1, -0.05) is 0 Å². The zero-order valence-electron chi connectivity index (χ0n) is 11.4. The van der Waals surface area contributed by atoms with Gasteiger partial charge in [0.15, 0.2) is 0 Å². The summed E-state index contributed by atoms with van der Waals surface area (Å²) < 4.78 is 0. The summed E-state index contributed by atoms with van der Waals surface area (Å²) in [7, 11) is 0. The summed E-state index contributed by atoms with van der Waals surface area (Å²) in [6.45, 7) is 2.94. The number of carboxylic acids is 1. The van der Waals surface area contributed by atoms with Crippen LogP contribution in [0.2, 0.25) is 0 Å². The molecule has 0 aliphatic carbocycles. The Hall–Kier alpha value is -2.24. The van der Waals surface area contributed by atoms with Crippen LogP contribution in [0.25, 0.3) is 0 Å². The molecule has 1 aliphatic heterocycles. The molecule has 0 aromatic heterocycles. The van der Waals surface area contributed by atoms with Gasteiger partial charge in [-0.25, -0.2) is 4.79 Å². The smallest absolute Gasteiger partial charge is 0.337 e. The van der Waals surface area contributed by atoms with Gasteiger partial charge in [0.2, 0.25) is 5.91 Å². The van der Waals surface area contributed by atoms with Crippen molar-refractivity contribution < 1.29 is 14.7 Å². The SMILES string of the molecule is CC(=O)NC1CCN(c2ccc(N)cc2C(=O)O)CC1. The fraction of sp³-hybridized carbons (Fsp3) is 0.429. The van der Waals surface area contributed by atoms with Crippen LogP contribution in [0.4, 0.5) is 11.4 Å². The average molecular weight is 277 g/mol. The third-order valence-electron chi connectivity index (χ3n) is 3.49. The van der Waals surface area contributed by atoms with E-state index < -0.39 is 5.97 Å². The first-order chi connectivity index (χ1) is 9.47. The van der Waals surface area contributed by atoms with Crippen molar-refractivity contribution in [1.29, 1.82) is 0 Å². The van der Waals surface area contributed by atoms with E-state index in [2.05, 4.69) is 5.32 Å². The highest BCUT2D eigenvalue weighted by atomic mass is 16.4. The largest absolute Gasteiger partial charge is 0.478 e. The molecule has 0 spiro atoms. The van der Waals surface area contributed by atoms with Gasteiger partial charge in [-0.2, -0.15) is 0 Å². The van der Waals surface area contributed by atoms with Crippen molar-refractivity contribution in [2.75, 3.05) is 23.7 Å². The first kappa shape index (κ1) is 14.2. The fourth-order valence-corrected chi connectivity index (χ4v) is 2.55. The van der Waals surface area contributed by atoms with Crippen LogP contribution in [0.5, 0.6) is 0 Å². The maximum Gasteiger partial charge on any atom is 0.337 e. The van der Waals surface area contributed by atoms with Gasteiger partial charge >= 0.3 is 5.97 Å². The molecule has 1 fully saturated rings. The van der Waals surface area contributed by atoms with E-state index in [1.807, 2.05) is 4.90 Å². The monoisotopic (exact) mass is 277 g/mol. The summed E-state index contributed by atoms with van der Waals surface area (Å²) in [6.07, 6.45) is 1.62. The number of hydrogen-bond donors (Lipinski definition) is 3. The molecule has 1 aliphatic rings. The summed E-state index contributed by atoms with van der Waals surface area (Å²) >= 11 is 0. The lowest BCUT2D eigenvalue weighted by Gasteiger charge is -2.34. The second-order valence-corrected chi connectivity index (χ2v) is 5.04. The van der Waals surface area contributed by atoms with Crippen molar-refractivity contribution in [3.63, 3.8) is 0 Å². The third kappa shape index (κ3) is 3.20. The molecule has 0 bridgehead atoms. The number of aromatic carboxylic acids is 1. The average Bonchev–Trinajstić information content (AvgIpc) is 2.39. The second kappa shape index (κ2) is 5.81. The van der Waals surface area contributed by atoms with Gasteiger partial charge in [0.1, 0.15) is 0 Å². The second-order valence-electron chi connectivity index (χ2n) is 5.04. The minimum atomic E-state index is -0.976. The number of nitrogens with one attached hydrogen (secondary N) is 1. The number of rotatable bonds is 3. The number of nitrogen functional groups attached to an aromatic ring is 1. The Morgan fingerprint density at radius 3 is 2.55 bits per heavy atom. The Kier molecular flexibility index (Phi) is 4.12. The maximum atomic E-state index is 11.3. The lowest BCUT2D eigenvalue weighted by Crippen LogP contribution is -2.44. The van der Waals surface area contributed by atoms with E-state index in [4.69, 9.17) is 5.73 Å². The Labute approximate surface area is 117 Å². The molecule has 0 saturated carbocycles. The number of carboxylic acid groups (broad SMARTS) is 1. The van der Waals surface area contributed by atoms with E-state index >= 15 is 0 Å². The van der Waals surface area contributed by atoms with Crippen LogP contribution in [-0.4, -0.2) is 36.1 Å². The molecule has 1 aromatic rings. The molecule has 1 saturated heterocycles. The quantitative estimate of drug-likeness (QED) is 0.718. The molecule has 6 nitrogen and oxygen atoms in total. The predicted molar refractivity (Wildman–Crippen MR) is 76.9 cm³/mol. The lowest BCUT2D eigenvalue weighted by molar-refractivity contribution is -0.119. The molecule has 1 aromatic carbocycles. The standard InChI is InChI=1S/C14H19N3O3/c1-9(18)16-11-4-6-17(7-5-11)13-3-2-10(15)8-12(13)14(19)20/h2-3,8,11H,4-7,15H2,1H3,(H,16,18)(H,19,20). The van der Waals surface area contributed by atoms with Crippen LogP contribution >= 0.6 is 0 Å². The molecule has 0 unspecified atom stereocenters. The zero-order chi connectivity index (χ0) is 14.7. The van der Waals surface area contributed by atoms with Crippen molar-refractivity contribution in [3.8, 4) is 0 Å². The summed E-state index contributed by atoms with van der Waals surface area (Å²) in [6, 6.07) is 5.11. The van der Waals surface area contributed by atoms with Gasteiger partial charge in [-0.05, 0) is 31.0 Å². The minimum Gasteiger partial charge on any atom is -0.478 e. The molecule has 1 amide bonds. The molecule has 0 radical (unpaired) electrons. The van der Waals surface area contributed by atoms with Gasteiger partial charge in [-0.3, -0.25) is 4.79 Å². The predicted octanol–water partition coefficient (Wildman–Crippen LogP) is 1.07. The summed E-state index contributed by atoms with van der Waals surface area (Å²) in [5.41, 5.74) is 7.00. The fourth-order valence-electron chi connectivity index (χ4n) is 2.55. The molecule has 2 rings (SSSR count). The van der Waals surface area contributed by atoms with Gasteiger partial charge in [0.05, 0.1) is 11.3 Å². The minimum absolute atomic E-state index is 0.0258. The van der Waals surface area contributed by atoms with Gasteiger partial charge in [-0.15, -0.1) is 0 Å². The Balaban J connectivity index is 2.11. The number of benzene rings is 1. The molecule has 108 valence electrons. The number of nitrogens with two attached hydrogens (primary N) is 1. The van der Waals surface area contributed by atoms with Crippen LogP contribution in [0.15, 0.2) is 18.2 Å². The van der Waals surface area contributed by atoms with Crippen molar-refractivity contribution in [1.82, 2.24) is 5.32 Å². The molecule has 0 atom stereocenters. The van der Waals surface area contributed by atoms with Gasteiger partial charge < -0.3 is 21.1 Å². The van der Waals surface area contributed by atoms with Gasteiger partial charge in [0, 0.05) is 31.7 Å². The van der Waals surface area contributed by atoms with E-state index in [0.717, 1.165) is 25.9 Å². The number of carbonyl (C=O) groups is 2. The third-order valence-corrected chi connectivity index (χ3v) is 3.49. The first-order valence-electron chi connectivity index (χ1n) is 6.62.